The molecule has 0 saturated heterocycles. The molecule has 3 rings (SSSR count). The minimum Gasteiger partial charge on any atom is -0.200 e. The molecule has 3 aromatic rings. The van der Waals surface area contributed by atoms with Gasteiger partial charge in [0, 0.05) is 7.26 Å². The van der Waals surface area contributed by atoms with E-state index in [0.29, 0.717) is 0 Å². The van der Waals surface area contributed by atoms with Gasteiger partial charge in [0.25, 0.3) is 0 Å². The van der Waals surface area contributed by atoms with Crippen molar-refractivity contribution in [3.8, 4) is 0 Å². The molecule has 0 saturated carbocycles. The summed E-state index contributed by atoms with van der Waals surface area (Å²) in [7, 11) is -0.420. The van der Waals surface area contributed by atoms with Crippen LogP contribution < -0.4 is 16.4 Å². The van der Waals surface area contributed by atoms with Crippen LogP contribution in [-0.4, -0.2) is 30.8 Å². The van der Waals surface area contributed by atoms with E-state index >= 15 is 0 Å². The molecule has 0 aromatic heterocycles. The van der Waals surface area contributed by atoms with Gasteiger partial charge in [0.2, 0.25) is 0 Å². The van der Waals surface area contributed by atoms with Crippen molar-refractivity contribution < 1.29 is 0 Å². The predicted octanol–water partition coefficient (Wildman–Crippen LogP) is 6.26. The molecule has 0 amide bonds. The molecule has 2 heteroatoms. The summed E-state index contributed by atoms with van der Waals surface area (Å²) in [5, 5.41) is 0. The summed E-state index contributed by atoms with van der Waals surface area (Å²) in [6.07, 6.45) is 6.02. The van der Waals surface area contributed by atoms with E-state index in [1.54, 1.807) is 0 Å². The standard InChI is InChI=1S/C20H20B.C8H20P/c1-2-21(18-12-6-3-7-13-18,19-14-8-4-9-15-19)20-16-10-5-11-17-20;1-5-9(6-2,7-3)8-4/h3-17H,2H2,1H3;5-8H2,1-4H3/q-1;+1. The highest BCUT2D eigenvalue weighted by atomic mass is 31.2. The second kappa shape index (κ2) is 12.1. The van der Waals surface area contributed by atoms with Crippen molar-refractivity contribution in [3.63, 3.8) is 0 Å². The summed E-state index contributed by atoms with van der Waals surface area (Å²) in [6, 6.07) is 32.8. The van der Waals surface area contributed by atoms with Gasteiger partial charge in [-0.1, -0.05) is 97.9 Å². The Kier molecular flexibility index (Phi) is 9.86. The first kappa shape index (κ1) is 24.4. The minimum absolute atomic E-state index is 0.420. The molecule has 0 aliphatic carbocycles. The smallest absolute Gasteiger partial charge is 0.0812 e. The number of rotatable bonds is 8. The lowest BCUT2D eigenvalue weighted by molar-refractivity contribution is 1.25. The van der Waals surface area contributed by atoms with Gasteiger partial charge in [-0.3, -0.25) is 0 Å². The van der Waals surface area contributed by atoms with Gasteiger partial charge in [-0.05, 0) is 27.7 Å². The fourth-order valence-corrected chi connectivity index (χ4v) is 7.65. The van der Waals surface area contributed by atoms with E-state index in [1.807, 2.05) is 0 Å². The van der Waals surface area contributed by atoms with Crippen molar-refractivity contribution in [1.29, 1.82) is 0 Å². The highest BCUT2D eigenvalue weighted by molar-refractivity contribution is 7.75. The van der Waals surface area contributed by atoms with Gasteiger partial charge in [-0.2, -0.15) is 22.7 Å². The summed E-state index contributed by atoms with van der Waals surface area (Å²) >= 11 is 0. The number of hydrogen-bond acceptors (Lipinski definition) is 0. The molecule has 0 bridgehead atoms. The second-order valence-corrected chi connectivity index (χ2v) is 13.5. The quantitative estimate of drug-likeness (QED) is 0.299. The maximum atomic E-state index is 2.35. The third-order valence-corrected chi connectivity index (χ3v) is 12.8. The molecule has 0 aliphatic heterocycles. The molecule has 160 valence electrons. The molecule has 0 aliphatic rings. The first-order chi connectivity index (χ1) is 14.6. The van der Waals surface area contributed by atoms with Gasteiger partial charge in [-0.15, -0.1) is 0 Å². The largest absolute Gasteiger partial charge is 0.200 e. The molecule has 30 heavy (non-hydrogen) atoms. The molecule has 0 fully saturated rings. The molecule has 0 N–H and O–H groups in total. The molecule has 3 aromatic carbocycles. The van der Waals surface area contributed by atoms with Crippen LogP contribution >= 0.6 is 7.26 Å². The topological polar surface area (TPSA) is 0 Å². The summed E-state index contributed by atoms with van der Waals surface area (Å²) < 4.78 is 0. The monoisotopic (exact) mass is 418 g/mol. The highest BCUT2D eigenvalue weighted by Crippen LogP contribution is 2.57. The zero-order valence-corrected chi connectivity index (χ0v) is 20.6. The minimum atomic E-state index is -0.898. The van der Waals surface area contributed by atoms with Crippen molar-refractivity contribution in [3.05, 3.63) is 91.0 Å². The van der Waals surface area contributed by atoms with Crippen molar-refractivity contribution in [2.75, 3.05) is 24.6 Å². The van der Waals surface area contributed by atoms with Crippen molar-refractivity contribution in [1.82, 2.24) is 0 Å². The molecule has 0 heterocycles. The Balaban J connectivity index is 0.000000303. The van der Waals surface area contributed by atoms with Gasteiger partial charge in [0.05, 0.1) is 30.8 Å². The van der Waals surface area contributed by atoms with E-state index in [4.69, 9.17) is 0 Å². The number of benzene rings is 3. The van der Waals surface area contributed by atoms with Gasteiger partial charge >= 0.3 is 0 Å². The third-order valence-electron chi connectivity index (χ3n) is 7.40. The van der Waals surface area contributed by atoms with E-state index in [2.05, 4.69) is 126 Å². The lowest BCUT2D eigenvalue weighted by Gasteiger charge is -2.42. The Morgan fingerprint density at radius 1 is 0.467 bits per heavy atom. The van der Waals surface area contributed by atoms with Crippen LogP contribution in [0.1, 0.15) is 34.6 Å². The van der Waals surface area contributed by atoms with Crippen LogP contribution in [0.2, 0.25) is 6.32 Å². The Morgan fingerprint density at radius 2 is 0.733 bits per heavy atom. The van der Waals surface area contributed by atoms with Crippen LogP contribution in [0.3, 0.4) is 0 Å². The molecule has 0 radical (unpaired) electrons. The van der Waals surface area contributed by atoms with E-state index in [9.17, 15) is 0 Å². The molecule has 0 unspecified atom stereocenters. The normalized spacial score (nSPS) is 11.5. The summed E-state index contributed by atoms with van der Waals surface area (Å²) in [4.78, 5) is 0. The molecular formula is C28H40BP. The summed E-state index contributed by atoms with van der Waals surface area (Å²) in [6.45, 7) is 11.7. The van der Waals surface area contributed by atoms with E-state index in [0.717, 1.165) is 6.32 Å². The van der Waals surface area contributed by atoms with E-state index in [1.165, 1.54) is 41.0 Å². The van der Waals surface area contributed by atoms with Crippen LogP contribution in [0, 0.1) is 0 Å². The average molecular weight is 418 g/mol. The summed E-state index contributed by atoms with van der Waals surface area (Å²) in [5.74, 6) is 0. The van der Waals surface area contributed by atoms with Crippen molar-refractivity contribution in [2.45, 2.75) is 40.9 Å². The fraction of sp³-hybridized carbons (Fsp3) is 0.357. The molecular weight excluding hydrogens is 378 g/mol. The number of hydrogen-bond donors (Lipinski definition) is 0. The predicted molar refractivity (Wildman–Crippen MR) is 144 cm³/mol. The maximum Gasteiger partial charge on any atom is 0.0812 e. The zero-order valence-electron chi connectivity index (χ0n) is 19.7. The van der Waals surface area contributed by atoms with Crippen molar-refractivity contribution >= 4 is 29.8 Å². The van der Waals surface area contributed by atoms with Gasteiger partial charge in [0.1, 0.15) is 0 Å². The van der Waals surface area contributed by atoms with E-state index in [-0.39, 0.29) is 0 Å². The maximum absolute atomic E-state index is 2.35. The first-order valence-electron chi connectivity index (χ1n) is 11.8. The highest BCUT2D eigenvalue weighted by Gasteiger charge is 2.28. The Bertz CT molecular complexity index is 712. The summed E-state index contributed by atoms with van der Waals surface area (Å²) in [5.41, 5.74) is 4.24. The van der Waals surface area contributed by atoms with Crippen LogP contribution in [0.4, 0.5) is 0 Å². The van der Waals surface area contributed by atoms with E-state index < -0.39 is 13.4 Å². The lowest BCUT2D eigenvalue weighted by Crippen LogP contribution is -2.66. The van der Waals surface area contributed by atoms with Gasteiger partial charge in [-0.25, -0.2) is 0 Å². The van der Waals surface area contributed by atoms with Gasteiger partial charge < -0.3 is 0 Å². The van der Waals surface area contributed by atoms with Crippen LogP contribution in [0.25, 0.3) is 0 Å². The van der Waals surface area contributed by atoms with Crippen molar-refractivity contribution in [2.24, 2.45) is 0 Å². The average Bonchev–Trinajstić information content (AvgIpc) is 2.84. The molecule has 0 atom stereocenters. The second-order valence-electron chi connectivity index (χ2n) is 8.29. The molecule has 0 nitrogen and oxygen atoms in total. The van der Waals surface area contributed by atoms with Gasteiger partial charge in [0.15, 0.2) is 0 Å². The molecule has 0 spiro atoms. The fourth-order valence-electron chi connectivity index (χ4n) is 4.97. The lowest BCUT2D eigenvalue weighted by atomic mass is 9.14. The SMILES string of the molecule is CC[B-](c1ccccc1)(c1ccccc1)c1ccccc1.CC[P+](CC)(CC)CC. The third kappa shape index (κ3) is 5.44. The Labute approximate surface area is 186 Å². The zero-order chi connectivity index (χ0) is 21.9. The van der Waals surface area contributed by atoms with Crippen LogP contribution in [-0.2, 0) is 0 Å². The first-order valence-corrected chi connectivity index (χ1v) is 14.3. The Morgan fingerprint density at radius 3 is 0.900 bits per heavy atom. The van der Waals surface area contributed by atoms with Crippen LogP contribution in [0.5, 0.6) is 0 Å². The Hall–Kier alpha value is -1.85. The van der Waals surface area contributed by atoms with Crippen LogP contribution in [0.15, 0.2) is 91.0 Å².